The third kappa shape index (κ3) is 3.82. The Bertz CT molecular complexity index is 679. The van der Waals surface area contributed by atoms with Gasteiger partial charge in [-0.05, 0) is 43.3 Å². The molecule has 2 amide bonds. The first-order valence-electron chi connectivity index (χ1n) is 7.81. The number of rotatable bonds is 5. The largest absolute Gasteiger partial charge is 0.351 e. The van der Waals surface area contributed by atoms with Crippen molar-refractivity contribution in [3.63, 3.8) is 0 Å². The molecule has 0 aromatic carbocycles. The van der Waals surface area contributed by atoms with Crippen molar-refractivity contribution >= 4 is 34.5 Å². The van der Waals surface area contributed by atoms with E-state index in [0.29, 0.717) is 18.5 Å². The molecular weight excluding hydrogens is 328 g/mol. The Labute approximate surface area is 144 Å². The summed E-state index contributed by atoms with van der Waals surface area (Å²) < 4.78 is 0. The highest BCUT2D eigenvalue weighted by atomic mass is 32.1. The van der Waals surface area contributed by atoms with Gasteiger partial charge in [-0.3, -0.25) is 9.59 Å². The number of amides is 2. The second-order valence-electron chi connectivity index (χ2n) is 5.71. The van der Waals surface area contributed by atoms with Crippen LogP contribution < -0.4 is 5.32 Å². The fraction of sp³-hybridized carbons (Fsp3) is 0.412. The number of thiophene rings is 2. The molecule has 0 radical (unpaired) electrons. The predicted molar refractivity (Wildman–Crippen MR) is 94.0 cm³/mol. The SMILES string of the molecule is Cc1ccc([C@@H]2CCCN2C(=O)CCNC(=O)c2ccsc2)s1. The Morgan fingerprint density at radius 1 is 1.35 bits per heavy atom. The van der Waals surface area contributed by atoms with E-state index >= 15 is 0 Å². The van der Waals surface area contributed by atoms with Gasteiger partial charge in [0.25, 0.3) is 5.91 Å². The summed E-state index contributed by atoms with van der Waals surface area (Å²) in [5.41, 5.74) is 0.663. The number of hydrogen-bond acceptors (Lipinski definition) is 4. The highest BCUT2D eigenvalue weighted by Crippen LogP contribution is 2.35. The fourth-order valence-electron chi connectivity index (χ4n) is 2.92. The first-order valence-corrected chi connectivity index (χ1v) is 9.57. The zero-order valence-corrected chi connectivity index (χ0v) is 14.7. The highest BCUT2D eigenvalue weighted by Gasteiger charge is 2.30. The molecule has 1 N–H and O–H groups in total. The van der Waals surface area contributed by atoms with Crippen LogP contribution in [0.2, 0.25) is 0 Å². The van der Waals surface area contributed by atoms with E-state index in [1.54, 1.807) is 17.4 Å². The summed E-state index contributed by atoms with van der Waals surface area (Å²) in [6, 6.07) is 6.25. The minimum absolute atomic E-state index is 0.106. The van der Waals surface area contributed by atoms with Gasteiger partial charge in [-0.25, -0.2) is 0 Å². The van der Waals surface area contributed by atoms with Crippen molar-refractivity contribution in [3.8, 4) is 0 Å². The Morgan fingerprint density at radius 3 is 2.91 bits per heavy atom. The van der Waals surface area contributed by atoms with Gasteiger partial charge in [0.15, 0.2) is 0 Å². The molecule has 0 unspecified atom stereocenters. The van der Waals surface area contributed by atoms with Crippen LogP contribution in [0.3, 0.4) is 0 Å². The molecule has 3 heterocycles. The lowest BCUT2D eigenvalue weighted by molar-refractivity contribution is -0.131. The molecule has 2 aromatic rings. The maximum atomic E-state index is 12.5. The molecule has 1 fully saturated rings. The van der Waals surface area contributed by atoms with E-state index < -0.39 is 0 Å². The van der Waals surface area contributed by atoms with Crippen LogP contribution in [-0.4, -0.2) is 29.8 Å². The summed E-state index contributed by atoms with van der Waals surface area (Å²) in [5.74, 6) is 0.0232. The van der Waals surface area contributed by atoms with Gasteiger partial charge in [0, 0.05) is 40.2 Å². The maximum Gasteiger partial charge on any atom is 0.252 e. The second kappa shape index (κ2) is 7.27. The average Bonchev–Trinajstić information content (AvgIpc) is 3.27. The van der Waals surface area contributed by atoms with Gasteiger partial charge in [0.05, 0.1) is 6.04 Å². The van der Waals surface area contributed by atoms with Crippen molar-refractivity contribution in [2.45, 2.75) is 32.2 Å². The molecule has 0 aliphatic carbocycles. The molecule has 23 heavy (non-hydrogen) atoms. The van der Waals surface area contributed by atoms with Crippen LogP contribution >= 0.6 is 22.7 Å². The molecular formula is C17H20N2O2S2. The van der Waals surface area contributed by atoms with E-state index in [1.165, 1.54) is 21.1 Å². The first kappa shape index (κ1) is 16.2. The van der Waals surface area contributed by atoms with E-state index in [9.17, 15) is 9.59 Å². The van der Waals surface area contributed by atoms with Crippen LogP contribution in [0, 0.1) is 6.92 Å². The quantitative estimate of drug-likeness (QED) is 0.897. The average molecular weight is 348 g/mol. The minimum atomic E-state index is -0.106. The third-order valence-corrected chi connectivity index (χ3v) is 5.86. The summed E-state index contributed by atoms with van der Waals surface area (Å²) >= 11 is 3.26. The molecule has 1 atom stereocenters. The number of nitrogens with one attached hydrogen (secondary N) is 1. The zero-order valence-electron chi connectivity index (χ0n) is 13.1. The third-order valence-electron chi connectivity index (χ3n) is 4.07. The highest BCUT2D eigenvalue weighted by molar-refractivity contribution is 7.12. The molecule has 1 aliphatic rings. The molecule has 0 saturated carbocycles. The van der Waals surface area contributed by atoms with Crippen molar-refractivity contribution in [1.82, 2.24) is 10.2 Å². The second-order valence-corrected chi connectivity index (χ2v) is 7.81. The smallest absolute Gasteiger partial charge is 0.252 e. The molecule has 0 spiro atoms. The van der Waals surface area contributed by atoms with E-state index in [0.717, 1.165) is 19.4 Å². The van der Waals surface area contributed by atoms with Crippen molar-refractivity contribution < 1.29 is 9.59 Å². The van der Waals surface area contributed by atoms with Crippen LogP contribution in [0.25, 0.3) is 0 Å². The molecule has 2 aromatic heterocycles. The Kier molecular flexibility index (Phi) is 5.13. The number of likely N-dealkylation sites (tertiary alicyclic amines) is 1. The van der Waals surface area contributed by atoms with Gasteiger partial charge in [-0.1, -0.05) is 0 Å². The van der Waals surface area contributed by atoms with Gasteiger partial charge < -0.3 is 10.2 Å². The Hall–Kier alpha value is -1.66. The van der Waals surface area contributed by atoms with Crippen LogP contribution in [0.15, 0.2) is 29.0 Å². The number of nitrogens with zero attached hydrogens (tertiary/aromatic N) is 1. The number of aryl methyl sites for hydroxylation is 1. The molecule has 6 heteroatoms. The number of carbonyl (C=O) groups is 2. The van der Waals surface area contributed by atoms with Crippen LogP contribution in [0.4, 0.5) is 0 Å². The number of hydrogen-bond donors (Lipinski definition) is 1. The van der Waals surface area contributed by atoms with Crippen molar-refractivity contribution in [1.29, 1.82) is 0 Å². The van der Waals surface area contributed by atoms with Crippen molar-refractivity contribution in [2.75, 3.05) is 13.1 Å². The lowest BCUT2D eigenvalue weighted by atomic mass is 10.2. The van der Waals surface area contributed by atoms with Gasteiger partial charge in [-0.15, -0.1) is 11.3 Å². The maximum absolute atomic E-state index is 12.5. The monoisotopic (exact) mass is 348 g/mol. The Balaban J connectivity index is 1.52. The standard InChI is InChI=1S/C17H20N2O2S2/c1-12-4-5-15(23-12)14-3-2-9-19(14)16(20)6-8-18-17(21)13-7-10-22-11-13/h4-5,7,10-11,14H,2-3,6,8-9H2,1H3,(H,18,21)/t14-/m0/s1. The summed E-state index contributed by atoms with van der Waals surface area (Å²) in [4.78, 5) is 28.9. The molecule has 1 aliphatic heterocycles. The van der Waals surface area contributed by atoms with Crippen LogP contribution in [0.5, 0.6) is 0 Å². The molecule has 0 bridgehead atoms. The zero-order chi connectivity index (χ0) is 16.2. The minimum Gasteiger partial charge on any atom is -0.351 e. The molecule has 4 nitrogen and oxygen atoms in total. The lowest BCUT2D eigenvalue weighted by Crippen LogP contribution is -2.34. The van der Waals surface area contributed by atoms with E-state index in [2.05, 4.69) is 24.4 Å². The fourth-order valence-corrected chi connectivity index (χ4v) is 4.58. The number of carbonyl (C=O) groups excluding carboxylic acids is 2. The van der Waals surface area contributed by atoms with Crippen molar-refractivity contribution in [2.24, 2.45) is 0 Å². The predicted octanol–water partition coefficient (Wildman–Crippen LogP) is 3.60. The molecule has 1 saturated heterocycles. The van der Waals surface area contributed by atoms with E-state index in [-0.39, 0.29) is 17.9 Å². The Morgan fingerprint density at radius 2 is 2.22 bits per heavy atom. The van der Waals surface area contributed by atoms with Crippen LogP contribution in [-0.2, 0) is 4.79 Å². The summed E-state index contributed by atoms with van der Waals surface area (Å²) in [6.07, 6.45) is 2.44. The van der Waals surface area contributed by atoms with E-state index in [4.69, 9.17) is 0 Å². The summed E-state index contributed by atoms with van der Waals surface area (Å²) in [5, 5.41) is 6.51. The van der Waals surface area contributed by atoms with Gasteiger partial charge >= 0.3 is 0 Å². The van der Waals surface area contributed by atoms with Crippen molar-refractivity contribution in [3.05, 3.63) is 44.3 Å². The normalized spacial score (nSPS) is 17.4. The topological polar surface area (TPSA) is 49.4 Å². The van der Waals surface area contributed by atoms with Gasteiger partial charge in [0.1, 0.15) is 0 Å². The summed E-state index contributed by atoms with van der Waals surface area (Å²) in [7, 11) is 0. The lowest BCUT2D eigenvalue weighted by Gasteiger charge is -2.24. The molecule has 122 valence electrons. The van der Waals surface area contributed by atoms with E-state index in [1.807, 2.05) is 15.7 Å². The first-order chi connectivity index (χ1) is 11.1. The van der Waals surface area contributed by atoms with Gasteiger partial charge in [0.2, 0.25) is 5.91 Å². The summed E-state index contributed by atoms with van der Waals surface area (Å²) in [6.45, 7) is 3.30. The van der Waals surface area contributed by atoms with Crippen LogP contribution in [0.1, 0.15) is 45.4 Å². The van der Waals surface area contributed by atoms with Gasteiger partial charge in [-0.2, -0.15) is 11.3 Å². The molecule has 3 rings (SSSR count).